The average molecular weight is 382 g/mol. The summed E-state index contributed by atoms with van der Waals surface area (Å²) < 4.78 is 51.6. The minimum Gasteiger partial charge on any atom is -0.289 e. The van der Waals surface area contributed by atoms with Gasteiger partial charge in [0.1, 0.15) is 5.82 Å². The van der Waals surface area contributed by atoms with Crippen LogP contribution in [0.3, 0.4) is 0 Å². The first-order valence-corrected chi connectivity index (χ1v) is 6.73. The monoisotopic (exact) mass is 380 g/mol. The van der Waals surface area contributed by atoms with E-state index in [1.807, 2.05) is 0 Å². The van der Waals surface area contributed by atoms with E-state index < -0.39 is 23.3 Å². The molecule has 0 saturated heterocycles. The Morgan fingerprint density at radius 3 is 2.29 bits per heavy atom. The van der Waals surface area contributed by atoms with Crippen molar-refractivity contribution in [3.63, 3.8) is 0 Å². The quantitative estimate of drug-likeness (QED) is 0.496. The maximum Gasteiger partial charge on any atom is 0.419 e. The third-order valence-corrected chi connectivity index (χ3v) is 3.33. The molecule has 0 radical (unpaired) electrons. The third kappa shape index (κ3) is 3.63. The van der Waals surface area contributed by atoms with Crippen molar-refractivity contribution < 1.29 is 22.4 Å². The molecule has 0 N–H and O–H groups in total. The molecule has 0 bridgehead atoms. The smallest absolute Gasteiger partial charge is 0.289 e. The maximum absolute atomic E-state index is 13.2. The Morgan fingerprint density at radius 1 is 1.05 bits per heavy atom. The highest BCUT2D eigenvalue weighted by molar-refractivity contribution is 9.10. The van der Waals surface area contributed by atoms with Gasteiger partial charge in [0.25, 0.3) is 0 Å². The van der Waals surface area contributed by atoms with Crippen LogP contribution in [0, 0.1) is 5.82 Å². The first-order chi connectivity index (χ1) is 9.68. The minimum atomic E-state index is -4.87. The van der Waals surface area contributed by atoms with Gasteiger partial charge in [-0.3, -0.25) is 4.79 Å². The molecule has 0 fully saturated rings. The van der Waals surface area contributed by atoms with Crippen LogP contribution in [-0.2, 0) is 6.18 Å². The summed E-state index contributed by atoms with van der Waals surface area (Å²) in [5, 5.41) is 0.255. The van der Waals surface area contributed by atoms with Gasteiger partial charge in [0, 0.05) is 20.6 Å². The van der Waals surface area contributed by atoms with Crippen molar-refractivity contribution in [2.75, 3.05) is 0 Å². The lowest BCUT2D eigenvalue weighted by Crippen LogP contribution is -2.11. The fourth-order valence-corrected chi connectivity index (χ4v) is 2.60. The van der Waals surface area contributed by atoms with Crippen LogP contribution in [0.4, 0.5) is 17.6 Å². The average Bonchev–Trinajstić information content (AvgIpc) is 2.36. The van der Waals surface area contributed by atoms with E-state index in [0.717, 1.165) is 6.07 Å². The second kappa shape index (κ2) is 5.77. The lowest BCUT2D eigenvalue weighted by molar-refractivity contribution is -0.140. The second-order valence-corrected chi connectivity index (χ2v) is 5.53. The van der Waals surface area contributed by atoms with Gasteiger partial charge in [0.15, 0.2) is 5.78 Å². The van der Waals surface area contributed by atoms with E-state index in [-0.39, 0.29) is 16.1 Å². The molecule has 0 aromatic heterocycles. The Kier molecular flexibility index (Phi) is 4.39. The molecule has 0 aliphatic heterocycles. The molecule has 21 heavy (non-hydrogen) atoms. The highest BCUT2D eigenvalue weighted by Crippen LogP contribution is 2.32. The SMILES string of the molecule is O=C(c1cc(Cl)cc(Br)c1)c1ccc(F)c(C(F)(F)F)c1. The summed E-state index contributed by atoms with van der Waals surface area (Å²) in [5.41, 5.74) is -1.64. The Bertz CT molecular complexity index is 692. The Morgan fingerprint density at radius 2 is 1.71 bits per heavy atom. The number of alkyl halides is 3. The van der Waals surface area contributed by atoms with E-state index in [2.05, 4.69) is 15.9 Å². The van der Waals surface area contributed by atoms with Crippen molar-refractivity contribution in [3.8, 4) is 0 Å². The number of ketones is 1. The summed E-state index contributed by atoms with van der Waals surface area (Å²) in [6, 6.07) is 6.39. The summed E-state index contributed by atoms with van der Waals surface area (Å²) in [6.07, 6.45) is -4.87. The van der Waals surface area contributed by atoms with Crippen molar-refractivity contribution in [1.82, 2.24) is 0 Å². The van der Waals surface area contributed by atoms with Gasteiger partial charge in [-0.25, -0.2) is 4.39 Å². The highest BCUT2D eigenvalue weighted by Gasteiger charge is 2.34. The number of carbonyl (C=O) groups is 1. The highest BCUT2D eigenvalue weighted by atomic mass is 79.9. The Balaban J connectivity index is 2.49. The van der Waals surface area contributed by atoms with Crippen LogP contribution in [0.15, 0.2) is 40.9 Å². The number of hydrogen-bond acceptors (Lipinski definition) is 1. The van der Waals surface area contributed by atoms with Crippen LogP contribution in [-0.4, -0.2) is 5.78 Å². The standard InChI is InChI=1S/C14H6BrClF4O/c15-9-3-8(4-10(16)6-9)13(21)7-1-2-12(17)11(5-7)14(18,19)20/h1-6H. The molecule has 0 amide bonds. The van der Waals surface area contributed by atoms with Gasteiger partial charge < -0.3 is 0 Å². The summed E-state index contributed by atoms with van der Waals surface area (Å²) in [7, 11) is 0. The van der Waals surface area contributed by atoms with E-state index in [1.165, 1.54) is 18.2 Å². The number of rotatable bonds is 2. The summed E-state index contributed by atoms with van der Waals surface area (Å²) in [6.45, 7) is 0. The van der Waals surface area contributed by atoms with Crippen LogP contribution in [0.25, 0.3) is 0 Å². The normalized spacial score (nSPS) is 11.5. The summed E-state index contributed by atoms with van der Waals surface area (Å²) in [5.74, 6) is -2.10. The van der Waals surface area contributed by atoms with Gasteiger partial charge in [-0.05, 0) is 36.4 Å². The Labute approximate surface area is 130 Å². The van der Waals surface area contributed by atoms with Crippen molar-refractivity contribution in [2.24, 2.45) is 0 Å². The third-order valence-electron chi connectivity index (χ3n) is 2.66. The van der Waals surface area contributed by atoms with Gasteiger partial charge in [-0.2, -0.15) is 13.2 Å². The van der Waals surface area contributed by atoms with Crippen LogP contribution in [0.5, 0.6) is 0 Å². The van der Waals surface area contributed by atoms with E-state index in [4.69, 9.17) is 11.6 Å². The molecule has 110 valence electrons. The summed E-state index contributed by atoms with van der Waals surface area (Å²) in [4.78, 5) is 12.2. The number of carbonyl (C=O) groups excluding carboxylic acids is 1. The number of halogens is 6. The molecule has 2 rings (SSSR count). The van der Waals surface area contributed by atoms with Crippen molar-refractivity contribution >= 4 is 33.3 Å². The van der Waals surface area contributed by atoms with Gasteiger partial charge in [-0.1, -0.05) is 27.5 Å². The van der Waals surface area contributed by atoms with Crippen molar-refractivity contribution in [1.29, 1.82) is 0 Å². The fraction of sp³-hybridized carbons (Fsp3) is 0.0714. The second-order valence-electron chi connectivity index (χ2n) is 4.18. The van der Waals surface area contributed by atoms with E-state index in [9.17, 15) is 22.4 Å². The molecule has 0 unspecified atom stereocenters. The van der Waals surface area contributed by atoms with Crippen LogP contribution < -0.4 is 0 Å². The number of hydrogen-bond donors (Lipinski definition) is 0. The predicted molar refractivity (Wildman–Crippen MR) is 74.0 cm³/mol. The van der Waals surface area contributed by atoms with Crippen molar-refractivity contribution in [2.45, 2.75) is 6.18 Å². The molecule has 0 spiro atoms. The van der Waals surface area contributed by atoms with Crippen LogP contribution in [0.2, 0.25) is 5.02 Å². The summed E-state index contributed by atoms with van der Waals surface area (Å²) >= 11 is 8.92. The van der Waals surface area contributed by atoms with Gasteiger partial charge in [0.2, 0.25) is 0 Å². The molecule has 0 heterocycles. The van der Waals surface area contributed by atoms with E-state index >= 15 is 0 Å². The zero-order valence-electron chi connectivity index (χ0n) is 10.1. The van der Waals surface area contributed by atoms with Crippen molar-refractivity contribution in [3.05, 3.63) is 68.4 Å². The molecule has 7 heteroatoms. The molecular formula is C14H6BrClF4O. The largest absolute Gasteiger partial charge is 0.419 e. The molecule has 2 aromatic carbocycles. The zero-order chi connectivity index (χ0) is 15.8. The maximum atomic E-state index is 13.2. The first-order valence-electron chi connectivity index (χ1n) is 5.56. The van der Waals surface area contributed by atoms with Crippen LogP contribution in [0.1, 0.15) is 21.5 Å². The van der Waals surface area contributed by atoms with Crippen LogP contribution >= 0.6 is 27.5 Å². The molecule has 0 aliphatic carbocycles. The van der Waals surface area contributed by atoms with Gasteiger partial charge >= 0.3 is 6.18 Å². The zero-order valence-corrected chi connectivity index (χ0v) is 12.5. The minimum absolute atomic E-state index is 0.106. The first kappa shape index (κ1) is 16.0. The molecule has 1 nitrogen and oxygen atoms in total. The fourth-order valence-electron chi connectivity index (χ4n) is 1.74. The topological polar surface area (TPSA) is 17.1 Å². The lowest BCUT2D eigenvalue weighted by Gasteiger charge is -2.10. The van der Waals surface area contributed by atoms with Gasteiger partial charge in [-0.15, -0.1) is 0 Å². The van der Waals surface area contributed by atoms with Gasteiger partial charge in [0.05, 0.1) is 5.56 Å². The Hall–Kier alpha value is -1.40. The van der Waals surface area contributed by atoms with E-state index in [0.29, 0.717) is 16.6 Å². The predicted octanol–water partition coefficient (Wildman–Crippen LogP) is 5.49. The molecule has 0 atom stereocenters. The molecule has 0 saturated carbocycles. The molecule has 2 aromatic rings. The lowest BCUT2D eigenvalue weighted by atomic mass is 10.0. The van der Waals surface area contributed by atoms with E-state index in [1.54, 1.807) is 0 Å². The molecule has 0 aliphatic rings. The number of benzene rings is 2. The molecular weight excluding hydrogens is 376 g/mol.